The predicted molar refractivity (Wildman–Crippen MR) is 73.2 cm³/mol. The van der Waals surface area contributed by atoms with Crippen LogP contribution < -0.4 is 0 Å². The van der Waals surface area contributed by atoms with Crippen LogP contribution >= 0.6 is 15.9 Å². The molecule has 1 aromatic carbocycles. The number of alkyl halides is 6. The van der Waals surface area contributed by atoms with E-state index in [-0.39, 0.29) is 25.9 Å². The number of nitrogens with zero attached hydrogens (tertiary/aromatic N) is 1. The average molecular weight is 390 g/mol. The summed E-state index contributed by atoms with van der Waals surface area (Å²) in [6.07, 6.45) is -8.52. The second-order valence-corrected chi connectivity index (χ2v) is 6.25. The molecule has 1 aromatic rings. The highest BCUT2D eigenvalue weighted by molar-refractivity contribution is 9.10. The third kappa shape index (κ3) is 4.38. The molecule has 1 fully saturated rings. The van der Waals surface area contributed by atoms with Crippen LogP contribution in [0.15, 0.2) is 22.7 Å². The van der Waals surface area contributed by atoms with Gasteiger partial charge in [0, 0.05) is 11.0 Å². The van der Waals surface area contributed by atoms with Crippen molar-refractivity contribution >= 4 is 15.9 Å². The van der Waals surface area contributed by atoms with Crippen LogP contribution in [-0.2, 0) is 12.7 Å². The highest BCUT2D eigenvalue weighted by Gasteiger charge is 2.41. The summed E-state index contributed by atoms with van der Waals surface area (Å²) < 4.78 is 75.8. The van der Waals surface area contributed by atoms with Gasteiger partial charge in [0.25, 0.3) is 0 Å². The summed E-state index contributed by atoms with van der Waals surface area (Å²) in [5.74, 6) is -1.28. The molecule has 0 saturated carbocycles. The van der Waals surface area contributed by atoms with Crippen molar-refractivity contribution in [2.75, 3.05) is 13.1 Å². The Balaban J connectivity index is 1.98. The Morgan fingerprint density at radius 2 is 1.64 bits per heavy atom. The van der Waals surface area contributed by atoms with Crippen LogP contribution in [0.4, 0.5) is 26.3 Å². The van der Waals surface area contributed by atoms with Gasteiger partial charge in [-0.25, -0.2) is 0 Å². The third-order valence-electron chi connectivity index (χ3n) is 3.82. The normalized spacial score (nSPS) is 18.7. The number of piperidine rings is 1. The van der Waals surface area contributed by atoms with Crippen LogP contribution in [0.2, 0.25) is 0 Å². The van der Waals surface area contributed by atoms with Gasteiger partial charge in [-0.3, -0.25) is 4.90 Å². The minimum absolute atomic E-state index is 0.0295. The Morgan fingerprint density at radius 1 is 1.05 bits per heavy atom. The summed E-state index contributed by atoms with van der Waals surface area (Å²) in [5, 5.41) is 0. The third-order valence-corrected chi connectivity index (χ3v) is 4.56. The molecule has 0 unspecified atom stereocenters. The van der Waals surface area contributed by atoms with E-state index in [0.29, 0.717) is 16.6 Å². The molecule has 22 heavy (non-hydrogen) atoms. The van der Waals surface area contributed by atoms with Crippen LogP contribution in [0, 0.1) is 5.92 Å². The molecule has 0 N–H and O–H groups in total. The van der Waals surface area contributed by atoms with E-state index in [1.54, 1.807) is 0 Å². The smallest absolute Gasteiger partial charge is 0.299 e. The van der Waals surface area contributed by atoms with Gasteiger partial charge in [-0.15, -0.1) is 0 Å². The summed E-state index contributed by atoms with van der Waals surface area (Å²) in [7, 11) is 0. The lowest BCUT2D eigenvalue weighted by Crippen LogP contribution is -2.38. The summed E-state index contributed by atoms with van der Waals surface area (Å²) in [6.45, 7) is 0.915. The maximum atomic E-state index is 12.6. The zero-order valence-corrected chi connectivity index (χ0v) is 13.0. The standard InChI is InChI=1S/C14H14BrF6N/c15-12-7-11(14(19,20)21)2-1-9(12)8-22-5-3-10(4-6-22)13(16,17)18/h1-2,7,10H,3-6,8H2. The Hall–Kier alpha value is -0.760. The summed E-state index contributed by atoms with van der Waals surface area (Å²) >= 11 is 3.10. The van der Waals surface area contributed by atoms with Gasteiger partial charge in [-0.1, -0.05) is 22.0 Å². The topological polar surface area (TPSA) is 3.24 Å². The van der Waals surface area contributed by atoms with Gasteiger partial charge >= 0.3 is 12.4 Å². The molecule has 0 aliphatic carbocycles. The Bertz CT molecular complexity index is 517. The fourth-order valence-corrected chi connectivity index (χ4v) is 3.02. The summed E-state index contributed by atoms with van der Waals surface area (Å²) in [5.41, 5.74) is -0.114. The van der Waals surface area contributed by atoms with Crippen molar-refractivity contribution in [2.45, 2.75) is 31.7 Å². The molecule has 1 aliphatic heterocycles. The maximum absolute atomic E-state index is 12.6. The van der Waals surface area contributed by atoms with E-state index < -0.39 is 23.8 Å². The van der Waals surface area contributed by atoms with E-state index in [1.165, 1.54) is 6.07 Å². The molecule has 0 amide bonds. The fraction of sp³-hybridized carbons (Fsp3) is 0.571. The van der Waals surface area contributed by atoms with Crippen molar-refractivity contribution < 1.29 is 26.3 Å². The number of halogens is 7. The van der Waals surface area contributed by atoms with E-state index in [4.69, 9.17) is 0 Å². The van der Waals surface area contributed by atoms with Gasteiger partial charge in [0.1, 0.15) is 0 Å². The summed E-state index contributed by atoms with van der Waals surface area (Å²) in [6, 6.07) is 3.35. The van der Waals surface area contributed by atoms with Gasteiger partial charge in [0.15, 0.2) is 0 Å². The van der Waals surface area contributed by atoms with Crippen molar-refractivity contribution in [3.8, 4) is 0 Å². The minimum atomic E-state index is -4.41. The van der Waals surface area contributed by atoms with Crippen molar-refractivity contribution in [1.82, 2.24) is 4.90 Å². The zero-order valence-electron chi connectivity index (χ0n) is 11.4. The van der Waals surface area contributed by atoms with Gasteiger partial charge in [0.05, 0.1) is 11.5 Å². The lowest BCUT2D eigenvalue weighted by Gasteiger charge is -2.33. The molecule has 1 nitrogen and oxygen atoms in total. The maximum Gasteiger partial charge on any atom is 0.416 e. The largest absolute Gasteiger partial charge is 0.416 e. The van der Waals surface area contributed by atoms with E-state index >= 15 is 0 Å². The molecule has 124 valence electrons. The highest BCUT2D eigenvalue weighted by Crippen LogP contribution is 2.35. The van der Waals surface area contributed by atoms with Crippen LogP contribution in [-0.4, -0.2) is 24.2 Å². The molecule has 2 rings (SSSR count). The number of hydrogen-bond acceptors (Lipinski definition) is 1. The van der Waals surface area contributed by atoms with Crippen molar-refractivity contribution in [1.29, 1.82) is 0 Å². The highest BCUT2D eigenvalue weighted by atomic mass is 79.9. The van der Waals surface area contributed by atoms with Crippen molar-refractivity contribution in [3.05, 3.63) is 33.8 Å². The second-order valence-electron chi connectivity index (χ2n) is 5.40. The van der Waals surface area contributed by atoms with Crippen LogP contribution in [0.5, 0.6) is 0 Å². The number of rotatable bonds is 2. The number of likely N-dealkylation sites (tertiary alicyclic amines) is 1. The molecular weight excluding hydrogens is 376 g/mol. The van der Waals surface area contributed by atoms with E-state index in [0.717, 1.165) is 12.1 Å². The van der Waals surface area contributed by atoms with Crippen molar-refractivity contribution in [2.24, 2.45) is 5.92 Å². The van der Waals surface area contributed by atoms with Crippen molar-refractivity contribution in [3.63, 3.8) is 0 Å². The molecule has 8 heteroatoms. The quantitative estimate of drug-likeness (QED) is 0.625. The first-order valence-electron chi connectivity index (χ1n) is 6.72. The molecule has 0 aromatic heterocycles. The number of hydrogen-bond donors (Lipinski definition) is 0. The van der Waals surface area contributed by atoms with Gasteiger partial charge < -0.3 is 0 Å². The fourth-order valence-electron chi connectivity index (χ4n) is 2.51. The zero-order chi connectivity index (χ0) is 16.5. The molecule has 1 saturated heterocycles. The lowest BCUT2D eigenvalue weighted by atomic mass is 9.96. The van der Waals surface area contributed by atoms with Crippen LogP contribution in [0.25, 0.3) is 0 Å². The minimum Gasteiger partial charge on any atom is -0.299 e. The first kappa shape index (κ1) is 17.6. The first-order chi connectivity index (χ1) is 10.1. The molecule has 0 atom stereocenters. The molecule has 0 radical (unpaired) electrons. The molecule has 0 bridgehead atoms. The Kier molecular flexibility index (Phi) is 5.11. The van der Waals surface area contributed by atoms with Gasteiger partial charge in [-0.05, 0) is 43.6 Å². The van der Waals surface area contributed by atoms with Gasteiger partial charge in [0.2, 0.25) is 0 Å². The van der Waals surface area contributed by atoms with E-state index in [2.05, 4.69) is 15.9 Å². The number of benzene rings is 1. The summed E-state index contributed by atoms with van der Waals surface area (Å²) in [4.78, 5) is 1.83. The van der Waals surface area contributed by atoms with Crippen LogP contribution in [0.1, 0.15) is 24.0 Å². The molecular formula is C14H14BrF6N. The lowest BCUT2D eigenvalue weighted by molar-refractivity contribution is -0.185. The Morgan fingerprint density at radius 3 is 2.09 bits per heavy atom. The SMILES string of the molecule is FC(F)(F)c1ccc(CN2CCC(C(F)(F)F)CC2)c(Br)c1. The first-order valence-corrected chi connectivity index (χ1v) is 7.51. The van der Waals surface area contributed by atoms with E-state index in [1.807, 2.05) is 4.90 Å². The van der Waals surface area contributed by atoms with E-state index in [9.17, 15) is 26.3 Å². The molecule has 1 heterocycles. The van der Waals surface area contributed by atoms with Crippen LogP contribution in [0.3, 0.4) is 0 Å². The molecule has 0 spiro atoms. The van der Waals surface area contributed by atoms with Gasteiger partial charge in [-0.2, -0.15) is 26.3 Å². The second kappa shape index (κ2) is 6.39. The average Bonchev–Trinajstić information content (AvgIpc) is 2.39. The predicted octanol–water partition coefficient (Wildman–Crippen LogP) is 5.24. The Labute approximate surface area is 132 Å². The monoisotopic (exact) mass is 389 g/mol. The molecule has 1 aliphatic rings.